The topological polar surface area (TPSA) is 0 Å². The van der Waals surface area contributed by atoms with Crippen molar-refractivity contribution in [3.63, 3.8) is 0 Å². The average molecular weight is 228 g/mol. The first-order chi connectivity index (χ1) is 7.95. The molecule has 0 aromatic heterocycles. The van der Waals surface area contributed by atoms with E-state index >= 15 is 0 Å². The lowest BCUT2D eigenvalue weighted by molar-refractivity contribution is 1.10. The second-order valence-corrected chi connectivity index (χ2v) is 5.08. The number of hydrogen-bond donors (Lipinski definition) is 0. The smallest absolute Gasteiger partial charge is 0.0153 e. The van der Waals surface area contributed by atoms with Gasteiger partial charge in [-0.2, -0.15) is 0 Å². The van der Waals surface area contributed by atoms with E-state index in [4.69, 9.17) is 0 Å². The Kier molecular flexibility index (Phi) is 4.74. The number of benzene rings is 1. The molecule has 0 atom stereocenters. The summed E-state index contributed by atoms with van der Waals surface area (Å²) in [4.78, 5) is 0. The molecule has 0 aliphatic rings. The predicted molar refractivity (Wildman–Crippen MR) is 78.2 cm³/mol. The maximum Gasteiger partial charge on any atom is -0.0153 e. The van der Waals surface area contributed by atoms with E-state index in [0.717, 1.165) is 6.42 Å². The Morgan fingerprint density at radius 3 is 2.29 bits per heavy atom. The van der Waals surface area contributed by atoms with Gasteiger partial charge >= 0.3 is 0 Å². The molecule has 0 radical (unpaired) electrons. The summed E-state index contributed by atoms with van der Waals surface area (Å²) < 4.78 is 0. The van der Waals surface area contributed by atoms with Crippen LogP contribution in [0.3, 0.4) is 0 Å². The van der Waals surface area contributed by atoms with Gasteiger partial charge in [0.15, 0.2) is 0 Å². The van der Waals surface area contributed by atoms with E-state index in [2.05, 4.69) is 65.8 Å². The van der Waals surface area contributed by atoms with Gasteiger partial charge in [0, 0.05) is 0 Å². The maximum absolute atomic E-state index is 2.33. The van der Waals surface area contributed by atoms with Crippen molar-refractivity contribution < 1.29 is 0 Å². The van der Waals surface area contributed by atoms with Crippen molar-refractivity contribution in [2.24, 2.45) is 0 Å². The van der Waals surface area contributed by atoms with E-state index in [1.807, 2.05) is 0 Å². The molecule has 0 spiro atoms. The Morgan fingerprint density at radius 2 is 1.76 bits per heavy atom. The first-order valence-corrected chi connectivity index (χ1v) is 6.38. The second kappa shape index (κ2) is 5.86. The largest absolute Gasteiger partial charge is 0.0730 e. The summed E-state index contributed by atoms with van der Waals surface area (Å²) in [5.41, 5.74) is 8.25. The fraction of sp³-hybridized carbons (Fsp3) is 0.412. The molecule has 0 aliphatic carbocycles. The molecule has 0 unspecified atom stereocenters. The number of allylic oxidation sites excluding steroid dienone is 4. The molecule has 0 aliphatic heterocycles. The molecule has 0 heteroatoms. The lowest BCUT2D eigenvalue weighted by Gasteiger charge is -2.12. The number of rotatable bonds is 3. The Morgan fingerprint density at radius 1 is 1.12 bits per heavy atom. The third-order valence-corrected chi connectivity index (χ3v) is 3.17. The van der Waals surface area contributed by atoms with E-state index in [-0.39, 0.29) is 0 Å². The van der Waals surface area contributed by atoms with Gasteiger partial charge in [-0.15, -0.1) is 0 Å². The molecule has 0 amide bonds. The highest BCUT2D eigenvalue weighted by molar-refractivity contribution is 5.78. The van der Waals surface area contributed by atoms with Crippen molar-refractivity contribution in [1.29, 1.82) is 0 Å². The molecule has 92 valence electrons. The molecule has 1 aromatic carbocycles. The van der Waals surface area contributed by atoms with Crippen LogP contribution in [0, 0.1) is 13.8 Å². The van der Waals surface area contributed by atoms with Crippen LogP contribution in [0.2, 0.25) is 0 Å². The normalized spacial score (nSPS) is 11.5. The minimum atomic E-state index is 1.11. The molecule has 17 heavy (non-hydrogen) atoms. The molecule has 0 bridgehead atoms. The Bertz CT molecular complexity index is 455. The molecule has 0 nitrogen and oxygen atoms in total. The van der Waals surface area contributed by atoms with Crippen LogP contribution >= 0.6 is 0 Å². The molecular formula is C17H24. The fourth-order valence-corrected chi connectivity index (χ4v) is 1.87. The molecular weight excluding hydrogens is 204 g/mol. The molecule has 0 saturated carbocycles. The summed E-state index contributed by atoms with van der Waals surface area (Å²) in [6.07, 6.45) is 3.44. The zero-order valence-corrected chi connectivity index (χ0v) is 12.0. The standard InChI is InChI=1S/C17H24/c1-7-13(4)10-16(12(2)3)17-11-14(5)8-9-15(17)6/h8-11H,7H2,1-6H3/b13-10-. The van der Waals surface area contributed by atoms with Crippen molar-refractivity contribution in [2.75, 3.05) is 0 Å². The zero-order chi connectivity index (χ0) is 13.0. The maximum atomic E-state index is 2.33. The van der Waals surface area contributed by atoms with E-state index in [1.54, 1.807) is 0 Å². The van der Waals surface area contributed by atoms with Crippen LogP contribution in [0.5, 0.6) is 0 Å². The van der Waals surface area contributed by atoms with Gasteiger partial charge in [0.05, 0.1) is 0 Å². The summed E-state index contributed by atoms with van der Waals surface area (Å²) in [7, 11) is 0. The summed E-state index contributed by atoms with van der Waals surface area (Å²) in [6.45, 7) is 13.1. The van der Waals surface area contributed by atoms with Crippen molar-refractivity contribution in [3.8, 4) is 0 Å². The highest BCUT2D eigenvalue weighted by Crippen LogP contribution is 2.26. The molecule has 1 aromatic rings. The molecule has 0 N–H and O–H groups in total. The van der Waals surface area contributed by atoms with Crippen LogP contribution in [-0.2, 0) is 0 Å². The number of hydrogen-bond acceptors (Lipinski definition) is 0. The molecule has 0 heterocycles. The monoisotopic (exact) mass is 228 g/mol. The van der Waals surface area contributed by atoms with Crippen LogP contribution in [0.4, 0.5) is 0 Å². The van der Waals surface area contributed by atoms with Gasteiger partial charge in [-0.25, -0.2) is 0 Å². The third-order valence-electron chi connectivity index (χ3n) is 3.17. The van der Waals surface area contributed by atoms with E-state index in [9.17, 15) is 0 Å². The second-order valence-electron chi connectivity index (χ2n) is 5.08. The Balaban J connectivity index is 3.35. The van der Waals surface area contributed by atoms with Crippen LogP contribution in [0.15, 0.2) is 35.4 Å². The lowest BCUT2D eigenvalue weighted by atomic mass is 9.93. The predicted octanol–water partition coefficient (Wildman–Crippen LogP) is 5.45. The minimum Gasteiger partial charge on any atom is -0.0730 e. The molecule has 1 rings (SSSR count). The highest BCUT2D eigenvalue weighted by Gasteiger charge is 2.05. The third kappa shape index (κ3) is 3.59. The summed E-state index contributed by atoms with van der Waals surface area (Å²) in [5.74, 6) is 0. The van der Waals surface area contributed by atoms with Gasteiger partial charge in [0.1, 0.15) is 0 Å². The fourth-order valence-electron chi connectivity index (χ4n) is 1.87. The highest BCUT2D eigenvalue weighted by atomic mass is 14.1. The van der Waals surface area contributed by atoms with E-state index in [0.29, 0.717) is 0 Å². The van der Waals surface area contributed by atoms with E-state index in [1.165, 1.54) is 33.4 Å². The van der Waals surface area contributed by atoms with Gasteiger partial charge in [-0.05, 0) is 57.7 Å². The average Bonchev–Trinajstić information content (AvgIpc) is 2.28. The van der Waals surface area contributed by atoms with Gasteiger partial charge in [-0.1, -0.05) is 47.9 Å². The lowest BCUT2D eigenvalue weighted by Crippen LogP contribution is -1.91. The Hall–Kier alpha value is -1.30. The summed E-state index contributed by atoms with van der Waals surface area (Å²) >= 11 is 0. The Labute approximate surface area is 106 Å². The first kappa shape index (κ1) is 13.8. The summed E-state index contributed by atoms with van der Waals surface area (Å²) in [6, 6.07) is 6.68. The van der Waals surface area contributed by atoms with Gasteiger partial charge in [0.25, 0.3) is 0 Å². The zero-order valence-electron chi connectivity index (χ0n) is 12.0. The number of aryl methyl sites for hydroxylation is 2. The summed E-state index contributed by atoms with van der Waals surface area (Å²) in [5, 5.41) is 0. The van der Waals surface area contributed by atoms with Crippen LogP contribution in [0.25, 0.3) is 5.57 Å². The first-order valence-electron chi connectivity index (χ1n) is 6.38. The molecule has 0 saturated heterocycles. The quantitative estimate of drug-likeness (QED) is 0.603. The SMILES string of the molecule is CC/C(C)=C\C(=C(C)C)c1cc(C)ccc1C. The van der Waals surface area contributed by atoms with Crippen molar-refractivity contribution in [1.82, 2.24) is 0 Å². The van der Waals surface area contributed by atoms with Gasteiger partial charge < -0.3 is 0 Å². The molecule has 0 fully saturated rings. The van der Waals surface area contributed by atoms with Gasteiger partial charge in [0.2, 0.25) is 0 Å². The van der Waals surface area contributed by atoms with E-state index < -0.39 is 0 Å². The minimum absolute atomic E-state index is 1.11. The van der Waals surface area contributed by atoms with Crippen LogP contribution in [-0.4, -0.2) is 0 Å². The van der Waals surface area contributed by atoms with Gasteiger partial charge in [-0.3, -0.25) is 0 Å². The van der Waals surface area contributed by atoms with Crippen molar-refractivity contribution >= 4 is 5.57 Å². The van der Waals surface area contributed by atoms with Crippen LogP contribution < -0.4 is 0 Å². The van der Waals surface area contributed by atoms with Crippen molar-refractivity contribution in [3.05, 3.63) is 52.1 Å². The van der Waals surface area contributed by atoms with Crippen LogP contribution in [0.1, 0.15) is 50.8 Å². The van der Waals surface area contributed by atoms with Crippen molar-refractivity contribution in [2.45, 2.75) is 48.0 Å².